The van der Waals surface area contributed by atoms with Gasteiger partial charge >= 0.3 is 6.03 Å². The van der Waals surface area contributed by atoms with E-state index in [2.05, 4.69) is 22.1 Å². The summed E-state index contributed by atoms with van der Waals surface area (Å²) in [6.07, 6.45) is 0.789. The lowest BCUT2D eigenvalue weighted by atomic mass is 10.0. The molecule has 0 atom stereocenters. The third-order valence-electron chi connectivity index (χ3n) is 3.89. The van der Waals surface area contributed by atoms with Crippen molar-refractivity contribution in [3.8, 4) is 0 Å². The molecule has 1 aromatic carbocycles. The number of amides is 2. The van der Waals surface area contributed by atoms with E-state index in [0.29, 0.717) is 13.1 Å². The van der Waals surface area contributed by atoms with E-state index < -0.39 is 0 Å². The summed E-state index contributed by atoms with van der Waals surface area (Å²) in [6, 6.07) is 7.73. The Morgan fingerprint density at radius 1 is 1.45 bits per heavy atom. The Hall–Kier alpha value is -2.56. The first-order valence-corrected chi connectivity index (χ1v) is 7.39. The fraction of sp³-hybridized carbons (Fsp3) is 0.294. The maximum absolute atomic E-state index is 12.5. The maximum Gasteiger partial charge on any atom is 0.322 e. The number of urea groups is 1. The molecule has 0 saturated heterocycles. The quantitative estimate of drug-likeness (QED) is 0.893. The third kappa shape index (κ3) is 2.74. The molecule has 114 valence electrons. The molecule has 2 N–H and O–H groups in total. The van der Waals surface area contributed by atoms with Crippen molar-refractivity contribution in [2.45, 2.75) is 26.8 Å². The largest absolute Gasteiger partial charge is 0.322 e. The van der Waals surface area contributed by atoms with Crippen LogP contribution < -0.4 is 5.32 Å². The molecule has 5 nitrogen and oxygen atoms in total. The Bertz CT molecular complexity index is 732. The Balaban J connectivity index is 1.75. The number of hydrogen-bond acceptors (Lipinski definition) is 2. The molecular formula is C17H20N4O. The second-order valence-electron chi connectivity index (χ2n) is 5.78. The van der Waals surface area contributed by atoms with E-state index in [4.69, 9.17) is 0 Å². The summed E-state index contributed by atoms with van der Waals surface area (Å²) in [6.45, 7) is 9.14. The normalized spacial score (nSPS) is 13.6. The fourth-order valence-corrected chi connectivity index (χ4v) is 2.75. The summed E-state index contributed by atoms with van der Waals surface area (Å²) in [4.78, 5) is 14.3. The first kappa shape index (κ1) is 14.4. The minimum absolute atomic E-state index is 0.0786. The van der Waals surface area contributed by atoms with Gasteiger partial charge in [-0.2, -0.15) is 5.10 Å². The molecule has 3 rings (SSSR count). The van der Waals surface area contributed by atoms with Crippen molar-refractivity contribution < 1.29 is 4.79 Å². The highest BCUT2D eigenvalue weighted by atomic mass is 16.2. The molecule has 0 saturated carbocycles. The van der Waals surface area contributed by atoms with E-state index in [1.165, 1.54) is 0 Å². The molecule has 1 aliphatic heterocycles. The van der Waals surface area contributed by atoms with Crippen molar-refractivity contribution in [2.75, 3.05) is 11.9 Å². The minimum atomic E-state index is -0.0786. The van der Waals surface area contributed by atoms with Gasteiger partial charge in [-0.15, -0.1) is 0 Å². The monoisotopic (exact) mass is 296 g/mol. The highest BCUT2D eigenvalue weighted by Crippen LogP contribution is 2.24. The maximum atomic E-state index is 12.5. The molecule has 22 heavy (non-hydrogen) atoms. The zero-order valence-corrected chi connectivity index (χ0v) is 12.9. The van der Waals surface area contributed by atoms with Crippen molar-refractivity contribution in [1.82, 2.24) is 15.1 Å². The zero-order valence-electron chi connectivity index (χ0n) is 12.9. The third-order valence-corrected chi connectivity index (χ3v) is 3.89. The number of H-pyrrole nitrogens is 1. The fourth-order valence-electron chi connectivity index (χ4n) is 2.75. The second kappa shape index (κ2) is 5.67. The van der Waals surface area contributed by atoms with Crippen molar-refractivity contribution in [2.24, 2.45) is 0 Å². The number of hydrogen-bond donors (Lipinski definition) is 2. The van der Waals surface area contributed by atoms with Gasteiger partial charge in [-0.1, -0.05) is 18.7 Å². The lowest BCUT2D eigenvalue weighted by molar-refractivity contribution is 0.206. The number of benzene rings is 1. The van der Waals surface area contributed by atoms with Crippen LogP contribution in [0.3, 0.4) is 0 Å². The van der Waals surface area contributed by atoms with E-state index in [9.17, 15) is 4.79 Å². The molecule has 1 aromatic heterocycles. The average Bonchev–Trinajstić information content (AvgIpc) is 2.90. The number of fused-ring (bicyclic) bond motifs is 1. The summed E-state index contributed by atoms with van der Waals surface area (Å²) < 4.78 is 0. The van der Waals surface area contributed by atoms with E-state index >= 15 is 0 Å². The van der Waals surface area contributed by atoms with Crippen molar-refractivity contribution in [3.63, 3.8) is 0 Å². The number of rotatable bonds is 2. The molecule has 0 bridgehead atoms. The van der Waals surface area contributed by atoms with Gasteiger partial charge in [0.05, 0.1) is 12.2 Å². The van der Waals surface area contributed by atoms with Crippen LogP contribution in [0.25, 0.3) is 5.57 Å². The summed E-state index contributed by atoms with van der Waals surface area (Å²) >= 11 is 0. The molecule has 0 unspecified atom stereocenters. The number of allylic oxidation sites excluding steroid dienone is 1. The minimum Gasteiger partial charge on any atom is -0.320 e. The van der Waals surface area contributed by atoms with Gasteiger partial charge in [-0.3, -0.25) is 5.10 Å². The van der Waals surface area contributed by atoms with Gasteiger partial charge in [0.1, 0.15) is 0 Å². The lowest BCUT2D eigenvalue weighted by Crippen LogP contribution is -2.39. The van der Waals surface area contributed by atoms with Gasteiger partial charge in [0, 0.05) is 29.9 Å². The molecule has 0 radical (unpaired) electrons. The molecule has 0 fully saturated rings. The summed E-state index contributed by atoms with van der Waals surface area (Å²) in [5.41, 5.74) is 5.93. The van der Waals surface area contributed by atoms with Crippen molar-refractivity contribution >= 4 is 17.3 Å². The van der Waals surface area contributed by atoms with Crippen LogP contribution in [0.5, 0.6) is 0 Å². The van der Waals surface area contributed by atoms with Crippen LogP contribution in [0.2, 0.25) is 0 Å². The molecule has 0 aliphatic carbocycles. The van der Waals surface area contributed by atoms with Crippen LogP contribution in [-0.2, 0) is 13.0 Å². The van der Waals surface area contributed by atoms with Crippen LogP contribution in [0.15, 0.2) is 30.8 Å². The molecule has 5 heteroatoms. The highest BCUT2D eigenvalue weighted by Gasteiger charge is 2.25. The number of carbonyl (C=O) groups excluding carboxylic acids is 1. The first-order chi connectivity index (χ1) is 10.5. The van der Waals surface area contributed by atoms with Crippen molar-refractivity contribution in [1.29, 1.82) is 0 Å². The average molecular weight is 296 g/mol. The van der Waals surface area contributed by atoms with Gasteiger partial charge in [-0.05, 0) is 37.1 Å². The number of anilines is 1. The number of aromatic amines is 1. The van der Waals surface area contributed by atoms with Crippen molar-refractivity contribution in [3.05, 3.63) is 53.4 Å². The van der Waals surface area contributed by atoms with Crippen LogP contribution >= 0.6 is 0 Å². The SMILES string of the molecule is C=C(C)c1n[nH]c2c1CN(C(=O)Nc1cccc(C)c1)CC2. The highest BCUT2D eigenvalue weighted by molar-refractivity contribution is 5.89. The van der Waals surface area contributed by atoms with Crippen LogP contribution in [0.4, 0.5) is 10.5 Å². The van der Waals surface area contributed by atoms with Crippen LogP contribution in [-0.4, -0.2) is 27.7 Å². The predicted molar refractivity (Wildman–Crippen MR) is 87.6 cm³/mol. The van der Waals surface area contributed by atoms with E-state index in [1.54, 1.807) is 0 Å². The van der Waals surface area contributed by atoms with Gasteiger partial charge in [-0.25, -0.2) is 4.79 Å². The molecule has 2 heterocycles. The van der Waals surface area contributed by atoms with Gasteiger partial charge in [0.2, 0.25) is 0 Å². The number of carbonyl (C=O) groups is 1. The van der Waals surface area contributed by atoms with Crippen LogP contribution in [0.1, 0.15) is 29.4 Å². The Morgan fingerprint density at radius 3 is 3.00 bits per heavy atom. The smallest absolute Gasteiger partial charge is 0.320 e. The van der Waals surface area contributed by atoms with E-state index in [1.807, 2.05) is 43.0 Å². The molecule has 2 amide bonds. The van der Waals surface area contributed by atoms with Gasteiger partial charge in [0.25, 0.3) is 0 Å². The Morgan fingerprint density at radius 2 is 2.27 bits per heavy atom. The zero-order chi connectivity index (χ0) is 15.7. The van der Waals surface area contributed by atoms with E-state index in [0.717, 1.165) is 40.2 Å². The molecule has 2 aromatic rings. The first-order valence-electron chi connectivity index (χ1n) is 7.39. The Kier molecular flexibility index (Phi) is 3.71. The predicted octanol–water partition coefficient (Wildman–Crippen LogP) is 3.34. The second-order valence-corrected chi connectivity index (χ2v) is 5.78. The lowest BCUT2D eigenvalue weighted by Gasteiger charge is -2.27. The summed E-state index contributed by atoms with van der Waals surface area (Å²) in [7, 11) is 0. The number of aromatic nitrogens is 2. The molecular weight excluding hydrogens is 276 g/mol. The van der Waals surface area contributed by atoms with Crippen LogP contribution in [0, 0.1) is 6.92 Å². The summed E-state index contributed by atoms with van der Waals surface area (Å²) in [5, 5.41) is 10.3. The summed E-state index contributed by atoms with van der Waals surface area (Å²) in [5.74, 6) is 0. The Labute approximate surface area is 130 Å². The number of nitrogens with zero attached hydrogens (tertiary/aromatic N) is 2. The van der Waals surface area contributed by atoms with Gasteiger partial charge < -0.3 is 10.2 Å². The van der Waals surface area contributed by atoms with Gasteiger partial charge in [0.15, 0.2) is 0 Å². The standard InChI is InChI=1S/C17H20N4O/c1-11(2)16-14-10-21(8-7-15(14)19-20-16)17(22)18-13-6-4-5-12(3)9-13/h4-6,9H,1,7-8,10H2,2-3H3,(H,18,22)(H,19,20). The topological polar surface area (TPSA) is 61.0 Å². The molecule has 1 aliphatic rings. The number of nitrogens with one attached hydrogen (secondary N) is 2. The van der Waals surface area contributed by atoms with E-state index in [-0.39, 0.29) is 6.03 Å². The molecule has 0 spiro atoms. The number of aryl methyl sites for hydroxylation is 1.